The molecule has 94 valence electrons. The van der Waals surface area contributed by atoms with Gasteiger partial charge in [0, 0.05) is 20.3 Å². The summed E-state index contributed by atoms with van der Waals surface area (Å²) in [5.74, 6) is 0. The van der Waals surface area contributed by atoms with E-state index in [-0.39, 0.29) is 12.2 Å². The van der Waals surface area contributed by atoms with Crippen molar-refractivity contribution in [3.63, 3.8) is 0 Å². The second kappa shape index (κ2) is 6.67. The van der Waals surface area contributed by atoms with Crippen molar-refractivity contribution in [2.45, 2.75) is 19.1 Å². The predicted octanol–water partition coefficient (Wildman–Crippen LogP) is 0.417. The number of hydrogen-bond donors (Lipinski definition) is 1. The van der Waals surface area contributed by atoms with Gasteiger partial charge < -0.3 is 24.2 Å². The van der Waals surface area contributed by atoms with E-state index in [0.717, 1.165) is 0 Å². The Kier molecular flexibility index (Phi) is 5.51. The highest BCUT2D eigenvalue weighted by atomic mass is 16.6. The minimum absolute atomic E-state index is 0.200. The molecule has 1 heterocycles. The molecule has 6 nitrogen and oxygen atoms in total. The Balaban J connectivity index is 2.55. The van der Waals surface area contributed by atoms with Crippen molar-refractivity contribution in [2.75, 3.05) is 40.0 Å². The van der Waals surface area contributed by atoms with Gasteiger partial charge in [-0.2, -0.15) is 0 Å². The van der Waals surface area contributed by atoms with Gasteiger partial charge in [-0.25, -0.2) is 4.79 Å². The third kappa shape index (κ3) is 3.62. The second-order valence-corrected chi connectivity index (χ2v) is 3.57. The zero-order valence-electron chi connectivity index (χ0n) is 9.72. The molecular weight excluding hydrogens is 214 g/mol. The maximum absolute atomic E-state index is 10.9. The van der Waals surface area contributed by atoms with Gasteiger partial charge in [0.25, 0.3) is 0 Å². The summed E-state index contributed by atoms with van der Waals surface area (Å²) in [4.78, 5) is 12.2. The fourth-order valence-electron chi connectivity index (χ4n) is 1.64. The molecule has 6 heteroatoms. The largest absolute Gasteiger partial charge is 0.465 e. The molecule has 1 aliphatic rings. The van der Waals surface area contributed by atoms with Gasteiger partial charge in [0.2, 0.25) is 0 Å². The summed E-state index contributed by atoms with van der Waals surface area (Å²) in [5, 5.41) is 8.92. The van der Waals surface area contributed by atoms with Gasteiger partial charge in [-0.3, -0.25) is 0 Å². The molecule has 1 fully saturated rings. The first kappa shape index (κ1) is 13.2. The average Bonchev–Trinajstić information content (AvgIpc) is 2.48. The highest BCUT2D eigenvalue weighted by Crippen LogP contribution is 2.11. The lowest BCUT2D eigenvalue weighted by Gasteiger charge is -2.24. The van der Waals surface area contributed by atoms with Crippen LogP contribution in [-0.2, 0) is 14.2 Å². The minimum Gasteiger partial charge on any atom is -0.465 e. The van der Waals surface area contributed by atoms with Crippen LogP contribution in [0.4, 0.5) is 4.79 Å². The van der Waals surface area contributed by atoms with Crippen LogP contribution in [-0.4, -0.2) is 68.3 Å². The third-order valence-corrected chi connectivity index (χ3v) is 2.57. The Labute approximate surface area is 95.1 Å². The van der Waals surface area contributed by atoms with Gasteiger partial charge in [-0.1, -0.05) is 0 Å². The molecule has 0 aromatic carbocycles. The van der Waals surface area contributed by atoms with Crippen molar-refractivity contribution < 1.29 is 24.1 Å². The third-order valence-electron chi connectivity index (χ3n) is 2.57. The second-order valence-electron chi connectivity index (χ2n) is 3.57. The van der Waals surface area contributed by atoms with E-state index in [1.165, 1.54) is 4.90 Å². The number of amides is 1. The van der Waals surface area contributed by atoms with Crippen molar-refractivity contribution in [3.05, 3.63) is 0 Å². The molecule has 0 aromatic heterocycles. The van der Waals surface area contributed by atoms with Crippen LogP contribution in [0.2, 0.25) is 0 Å². The lowest BCUT2D eigenvalue weighted by molar-refractivity contribution is -0.0781. The maximum Gasteiger partial charge on any atom is 0.407 e. The summed E-state index contributed by atoms with van der Waals surface area (Å²) in [6.07, 6.45) is -1.41. The van der Waals surface area contributed by atoms with E-state index in [9.17, 15) is 4.79 Å². The van der Waals surface area contributed by atoms with E-state index >= 15 is 0 Å². The number of carbonyl (C=O) groups is 1. The van der Waals surface area contributed by atoms with Crippen LogP contribution in [0.3, 0.4) is 0 Å². The Hall–Kier alpha value is -0.850. The molecular formula is C10H19NO5. The van der Waals surface area contributed by atoms with E-state index in [1.54, 1.807) is 7.11 Å². The molecule has 0 aliphatic carbocycles. The van der Waals surface area contributed by atoms with Gasteiger partial charge in [0.1, 0.15) is 12.2 Å². The number of rotatable bonds is 4. The highest BCUT2D eigenvalue weighted by Gasteiger charge is 2.29. The molecule has 0 aromatic rings. The van der Waals surface area contributed by atoms with Gasteiger partial charge in [-0.15, -0.1) is 0 Å². The van der Waals surface area contributed by atoms with Gasteiger partial charge in [-0.05, 0) is 6.92 Å². The van der Waals surface area contributed by atoms with E-state index in [2.05, 4.69) is 0 Å². The first-order valence-corrected chi connectivity index (χ1v) is 5.39. The Morgan fingerprint density at radius 3 is 2.94 bits per heavy atom. The number of hydrogen-bond acceptors (Lipinski definition) is 4. The van der Waals surface area contributed by atoms with Gasteiger partial charge in [0.15, 0.2) is 0 Å². The topological polar surface area (TPSA) is 68.2 Å². The van der Waals surface area contributed by atoms with Crippen LogP contribution < -0.4 is 0 Å². The maximum atomic E-state index is 10.9. The predicted molar refractivity (Wildman–Crippen MR) is 56.6 cm³/mol. The monoisotopic (exact) mass is 233 g/mol. The zero-order valence-corrected chi connectivity index (χ0v) is 9.72. The molecule has 0 unspecified atom stereocenters. The SMILES string of the molecule is CCOC[C@H]1OCCN(C(=O)O)C[C@@H]1OC. The minimum atomic E-state index is -0.942. The van der Waals surface area contributed by atoms with Crippen molar-refractivity contribution in [1.29, 1.82) is 0 Å². The van der Waals surface area contributed by atoms with E-state index in [0.29, 0.717) is 32.9 Å². The fraction of sp³-hybridized carbons (Fsp3) is 0.900. The number of carboxylic acid groups (broad SMARTS) is 1. The summed E-state index contributed by atoms with van der Waals surface area (Å²) >= 11 is 0. The zero-order chi connectivity index (χ0) is 12.0. The molecule has 2 atom stereocenters. The summed E-state index contributed by atoms with van der Waals surface area (Å²) in [7, 11) is 1.55. The standard InChI is InChI=1S/C10H19NO5/c1-3-15-7-9-8(14-2)6-11(10(12)13)4-5-16-9/h8-9H,3-7H2,1-2H3,(H,12,13)/t8-,9+/m0/s1. The first-order valence-electron chi connectivity index (χ1n) is 5.39. The van der Waals surface area contributed by atoms with Crippen LogP contribution in [0.25, 0.3) is 0 Å². The highest BCUT2D eigenvalue weighted by molar-refractivity contribution is 5.65. The summed E-state index contributed by atoms with van der Waals surface area (Å²) < 4.78 is 16.1. The molecule has 0 radical (unpaired) electrons. The molecule has 1 saturated heterocycles. The molecule has 0 spiro atoms. The fourth-order valence-corrected chi connectivity index (χ4v) is 1.64. The van der Waals surface area contributed by atoms with Crippen molar-refractivity contribution in [2.24, 2.45) is 0 Å². The van der Waals surface area contributed by atoms with E-state index in [4.69, 9.17) is 19.3 Å². The van der Waals surface area contributed by atoms with E-state index in [1.807, 2.05) is 6.92 Å². The normalized spacial score (nSPS) is 26.5. The smallest absolute Gasteiger partial charge is 0.407 e. The van der Waals surface area contributed by atoms with Crippen LogP contribution in [0, 0.1) is 0 Å². The van der Waals surface area contributed by atoms with Gasteiger partial charge in [0.05, 0.1) is 19.8 Å². The molecule has 1 N–H and O–H groups in total. The van der Waals surface area contributed by atoms with Crippen LogP contribution >= 0.6 is 0 Å². The van der Waals surface area contributed by atoms with Crippen LogP contribution in [0.15, 0.2) is 0 Å². The quantitative estimate of drug-likeness (QED) is 0.762. The van der Waals surface area contributed by atoms with Gasteiger partial charge >= 0.3 is 6.09 Å². The van der Waals surface area contributed by atoms with Crippen LogP contribution in [0.1, 0.15) is 6.92 Å². The number of methoxy groups -OCH3 is 1. The lowest BCUT2D eigenvalue weighted by Crippen LogP contribution is -2.42. The summed E-state index contributed by atoms with van der Waals surface area (Å²) in [6, 6.07) is 0. The summed E-state index contributed by atoms with van der Waals surface area (Å²) in [5.41, 5.74) is 0. The molecule has 1 amide bonds. The molecule has 1 rings (SSSR count). The van der Waals surface area contributed by atoms with E-state index < -0.39 is 6.09 Å². The first-order chi connectivity index (χ1) is 7.69. The Bertz CT molecular complexity index is 223. The van der Waals surface area contributed by atoms with Crippen molar-refractivity contribution in [1.82, 2.24) is 4.90 Å². The summed E-state index contributed by atoms with van der Waals surface area (Å²) in [6.45, 7) is 4.02. The Morgan fingerprint density at radius 2 is 2.38 bits per heavy atom. The van der Waals surface area contributed by atoms with Crippen molar-refractivity contribution in [3.8, 4) is 0 Å². The number of nitrogens with zero attached hydrogens (tertiary/aromatic N) is 1. The lowest BCUT2D eigenvalue weighted by atomic mass is 10.2. The Morgan fingerprint density at radius 1 is 1.62 bits per heavy atom. The molecule has 0 saturated carbocycles. The molecule has 1 aliphatic heterocycles. The number of ether oxygens (including phenoxy) is 3. The van der Waals surface area contributed by atoms with Crippen LogP contribution in [0.5, 0.6) is 0 Å². The average molecular weight is 233 g/mol. The molecule has 16 heavy (non-hydrogen) atoms. The molecule has 0 bridgehead atoms. The van der Waals surface area contributed by atoms with Crippen molar-refractivity contribution >= 4 is 6.09 Å².